The van der Waals surface area contributed by atoms with Crippen molar-refractivity contribution in [3.8, 4) is 0 Å². The Morgan fingerprint density at radius 1 is 1.39 bits per heavy atom. The van der Waals surface area contributed by atoms with Crippen molar-refractivity contribution in [1.82, 2.24) is 10.1 Å². The minimum absolute atomic E-state index is 0. The van der Waals surface area contributed by atoms with Crippen LogP contribution in [0.4, 0.5) is 0 Å². The van der Waals surface area contributed by atoms with E-state index in [1.807, 2.05) is 6.08 Å². The first-order valence-electron chi connectivity index (χ1n) is 6.13. The van der Waals surface area contributed by atoms with E-state index in [4.69, 9.17) is 10.3 Å². The summed E-state index contributed by atoms with van der Waals surface area (Å²) in [6.07, 6.45) is 5.00. The third kappa shape index (κ3) is 2.93. The normalized spacial score (nSPS) is 19.1. The summed E-state index contributed by atoms with van der Waals surface area (Å²) >= 11 is 0. The molecule has 1 aliphatic carbocycles. The van der Waals surface area contributed by atoms with Crippen molar-refractivity contribution in [3.05, 3.63) is 17.3 Å². The highest BCUT2D eigenvalue weighted by Crippen LogP contribution is 2.37. The fourth-order valence-corrected chi connectivity index (χ4v) is 1.68. The van der Waals surface area contributed by atoms with Crippen LogP contribution in [0.3, 0.4) is 0 Å². The van der Waals surface area contributed by atoms with Crippen molar-refractivity contribution in [2.75, 3.05) is 0 Å². The zero-order valence-corrected chi connectivity index (χ0v) is 12.3. The molecule has 2 rings (SSSR count). The van der Waals surface area contributed by atoms with Crippen molar-refractivity contribution in [2.45, 2.75) is 52.5 Å². The molecule has 1 aliphatic rings. The average molecular weight is 272 g/mol. The third-order valence-corrected chi connectivity index (χ3v) is 3.66. The van der Waals surface area contributed by atoms with E-state index in [-0.39, 0.29) is 23.4 Å². The van der Waals surface area contributed by atoms with Gasteiger partial charge in [-0.3, -0.25) is 0 Å². The second-order valence-electron chi connectivity index (χ2n) is 6.04. The molecule has 1 aromatic rings. The molecule has 0 atom stereocenters. The highest BCUT2D eigenvalue weighted by atomic mass is 35.5. The number of halogens is 1. The number of nitrogens with zero attached hydrogens (tertiary/aromatic N) is 2. The Balaban J connectivity index is 0.00000162. The van der Waals surface area contributed by atoms with Gasteiger partial charge >= 0.3 is 0 Å². The van der Waals surface area contributed by atoms with Gasteiger partial charge in [-0.15, -0.1) is 12.4 Å². The number of allylic oxidation sites excluding steroid dienone is 1. The van der Waals surface area contributed by atoms with Crippen molar-refractivity contribution in [3.63, 3.8) is 0 Å². The highest BCUT2D eigenvalue weighted by molar-refractivity contribution is 5.85. The molecular weight excluding hydrogens is 250 g/mol. The quantitative estimate of drug-likeness (QED) is 0.896. The molecule has 0 amide bonds. The van der Waals surface area contributed by atoms with Crippen LogP contribution in [-0.2, 0) is 5.54 Å². The van der Waals surface area contributed by atoms with Crippen LogP contribution < -0.4 is 5.73 Å². The Morgan fingerprint density at radius 3 is 2.44 bits per heavy atom. The van der Waals surface area contributed by atoms with Crippen LogP contribution in [0.5, 0.6) is 0 Å². The lowest BCUT2D eigenvalue weighted by Gasteiger charge is -2.34. The first-order valence-corrected chi connectivity index (χ1v) is 6.13. The molecule has 0 aliphatic heterocycles. The predicted molar refractivity (Wildman–Crippen MR) is 74.4 cm³/mol. The van der Waals surface area contributed by atoms with Crippen LogP contribution in [0.15, 0.2) is 10.1 Å². The molecule has 4 nitrogen and oxygen atoms in total. The van der Waals surface area contributed by atoms with Crippen molar-refractivity contribution in [2.24, 2.45) is 11.1 Å². The summed E-state index contributed by atoms with van der Waals surface area (Å²) in [6.45, 7) is 8.55. The fraction of sp³-hybridized carbons (Fsp3) is 0.692. The van der Waals surface area contributed by atoms with Gasteiger partial charge in [0.15, 0.2) is 5.82 Å². The van der Waals surface area contributed by atoms with Gasteiger partial charge in [0, 0.05) is 6.08 Å². The Kier molecular flexibility index (Phi) is 4.23. The standard InChI is InChI=1S/C13H21N3O.ClH/c1-9(12(2,3)4)8-10-15-11(16-17-10)13(14)6-5-7-13;/h8H,5-7,14H2,1-4H3;1H/b9-8+;. The van der Waals surface area contributed by atoms with Gasteiger partial charge in [0.25, 0.3) is 5.89 Å². The summed E-state index contributed by atoms with van der Waals surface area (Å²) < 4.78 is 5.24. The molecule has 0 bridgehead atoms. The van der Waals surface area contributed by atoms with E-state index in [1.54, 1.807) is 0 Å². The molecule has 0 unspecified atom stereocenters. The molecule has 5 heteroatoms. The van der Waals surface area contributed by atoms with Crippen LogP contribution in [-0.4, -0.2) is 10.1 Å². The van der Waals surface area contributed by atoms with E-state index >= 15 is 0 Å². The lowest BCUT2D eigenvalue weighted by molar-refractivity contribution is 0.229. The van der Waals surface area contributed by atoms with Gasteiger partial charge in [-0.2, -0.15) is 4.98 Å². The largest absolute Gasteiger partial charge is 0.335 e. The number of nitrogens with two attached hydrogens (primary N) is 1. The van der Waals surface area contributed by atoms with Gasteiger partial charge in [-0.25, -0.2) is 0 Å². The Labute approximate surface area is 114 Å². The number of aromatic nitrogens is 2. The second-order valence-corrected chi connectivity index (χ2v) is 6.04. The highest BCUT2D eigenvalue weighted by Gasteiger charge is 2.38. The van der Waals surface area contributed by atoms with Crippen LogP contribution in [0.2, 0.25) is 0 Å². The fourth-order valence-electron chi connectivity index (χ4n) is 1.68. The van der Waals surface area contributed by atoms with Crippen LogP contribution >= 0.6 is 12.4 Å². The molecule has 18 heavy (non-hydrogen) atoms. The first-order chi connectivity index (χ1) is 7.81. The van der Waals surface area contributed by atoms with Gasteiger partial charge in [0.05, 0.1) is 5.54 Å². The Morgan fingerprint density at radius 2 is 2.00 bits per heavy atom. The number of rotatable bonds is 2. The molecule has 0 radical (unpaired) electrons. The minimum Gasteiger partial charge on any atom is -0.335 e. The maximum absolute atomic E-state index is 6.15. The van der Waals surface area contributed by atoms with Gasteiger partial charge in [-0.1, -0.05) is 31.5 Å². The zero-order chi connectivity index (χ0) is 12.7. The predicted octanol–water partition coefficient (Wildman–Crippen LogP) is 3.28. The molecule has 1 saturated carbocycles. The molecule has 102 valence electrons. The van der Waals surface area contributed by atoms with E-state index in [9.17, 15) is 0 Å². The molecule has 2 N–H and O–H groups in total. The molecule has 0 spiro atoms. The molecule has 1 heterocycles. The third-order valence-electron chi connectivity index (χ3n) is 3.66. The van der Waals surface area contributed by atoms with Gasteiger partial charge in [-0.05, 0) is 31.6 Å². The van der Waals surface area contributed by atoms with E-state index < -0.39 is 0 Å². The second kappa shape index (κ2) is 5.02. The Hall–Kier alpha value is -0.870. The lowest BCUT2D eigenvalue weighted by Crippen LogP contribution is -2.44. The van der Waals surface area contributed by atoms with Gasteiger partial charge in [0.2, 0.25) is 0 Å². The van der Waals surface area contributed by atoms with Crippen molar-refractivity contribution < 1.29 is 4.52 Å². The van der Waals surface area contributed by atoms with E-state index in [0.29, 0.717) is 11.7 Å². The monoisotopic (exact) mass is 271 g/mol. The summed E-state index contributed by atoms with van der Waals surface area (Å²) in [5, 5.41) is 3.99. The van der Waals surface area contributed by atoms with Crippen LogP contribution in [0, 0.1) is 5.41 Å². The average Bonchev–Trinajstić information content (AvgIpc) is 2.61. The minimum atomic E-state index is -0.342. The zero-order valence-electron chi connectivity index (χ0n) is 11.5. The summed E-state index contributed by atoms with van der Waals surface area (Å²) in [5.41, 5.74) is 7.14. The SMILES string of the molecule is C/C(=C\c1nc(C2(N)CCC2)no1)C(C)(C)C.Cl. The van der Waals surface area contributed by atoms with Crippen LogP contribution in [0.1, 0.15) is 58.7 Å². The Bertz CT molecular complexity index is 441. The van der Waals surface area contributed by atoms with E-state index in [1.165, 1.54) is 5.57 Å². The maximum atomic E-state index is 6.15. The summed E-state index contributed by atoms with van der Waals surface area (Å²) in [7, 11) is 0. The summed E-state index contributed by atoms with van der Waals surface area (Å²) in [4.78, 5) is 4.38. The van der Waals surface area contributed by atoms with E-state index in [2.05, 4.69) is 37.8 Å². The van der Waals surface area contributed by atoms with E-state index in [0.717, 1.165) is 19.3 Å². The number of hydrogen-bond donors (Lipinski definition) is 1. The molecule has 1 fully saturated rings. The topological polar surface area (TPSA) is 64.9 Å². The smallest absolute Gasteiger partial charge is 0.250 e. The van der Waals surface area contributed by atoms with Gasteiger partial charge in [0.1, 0.15) is 0 Å². The van der Waals surface area contributed by atoms with Crippen molar-refractivity contribution >= 4 is 18.5 Å². The van der Waals surface area contributed by atoms with Crippen molar-refractivity contribution in [1.29, 1.82) is 0 Å². The summed E-state index contributed by atoms with van der Waals surface area (Å²) in [5.74, 6) is 1.21. The molecule has 1 aromatic heterocycles. The lowest BCUT2D eigenvalue weighted by atomic mass is 9.77. The first kappa shape index (κ1) is 15.2. The molecule has 0 saturated heterocycles. The van der Waals surface area contributed by atoms with Gasteiger partial charge < -0.3 is 10.3 Å². The number of hydrogen-bond acceptors (Lipinski definition) is 4. The van der Waals surface area contributed by atoms with Crippen LogP contribution in [0.25, 0.3) is 6.08 Å². The molecule has 0 aromatic carbocycles. The summed E-state index contributed by atoms with van der Waals surface area (Å²) in [6, 6.07) is 0. The molecular formula is C13H22ClN3O. The maximum Gasteiger partial charge on any atom is 0.250 e.